The fourth-order valence-electron chi connectivity index (χ4n) is 3.39. The molecule has 3 aromatic carbocycles. The molecule has 0 N–H and O–H groups in total. The van der Waals surface area contributed by atoms with Crippen LogP contribution in [-0.4, -0.2) is 42.1 Å². The minimum Gasteiger partial charge on any atom is -0.743 e. The van der Waals surface area contributed by atoms with E-state index in [0.29, 0.717) is 16.3 Å². The van der Waals surface area contributed by atoms with Crippen molar-refractivity contribution in [3.8, 4) is 0 Å². The molecule has 204 valence electrons. The number of carbonyl (C=O) groups excluding carboxylic acids is 2. The summed E-state index contributed by atoms with van der Waals surface area (Å²) in [7, 11) is -7.22. The quantitative estimate of drug-likeness (QED) is 0.169. The second kappa shape index (κ2) is 9.62. The first-order valence-electron chi connectivity index (χ1n) is 10.8. The predicted octanol–water partition coefficient (Wildman–Crippen LogP) is 5.55. The minimum atomic E-state index is -7.22. The molecule has 1 atom stereocenters. The van der Waals surface area contributed by atoms with E-state index in [1.54, 1.807) is 32.9 Å². The predicted molar refractivity (Wildman–Crippen MR) is 123 cm³/mol. The van der Waals surface area contributed by atoms with Crippen molar-refractivity contribution in [2.75, 3.05) is 0 Å². The van der Waals surface area contributed by atoms with Crippen molar-refractivity contribution in [2.24, 2.45) is 0 Å². The Hall–Kier alpha value is -3.58. The maximum Gasteiger partial charge on any atom is 0.476 e. The molecule has 13 heteroatoms. The van der Waals surface area contributed by atoms with Gasteiger partial charge in [0.25, 0.3) is 0 Å². The van der Waals surface area contributed by atoms with Crippen molar-refractivity contribution in [3.63, 3.8) is 0 Å². The number of esters is 2. The lowest BCUT2D eigenvalue weighted by Gasteiger charge is -2.39. The molecule has 0 spiro atoms. The van der Waals surface area contributed by atoms with Crippen molar-refractivity contribution in [1.29, 1.82) is 0 Å². The molecule has 0 saturated carbocycles. The first-order valence-corrected chi connectivity index (χ1v) is 12.2. The average Bonchev–Trinajstić information content (AvgIpc) is 2.81. The molecule has 0 aromatic heterocycles. The number of hydrogen-bond acceptors (Lipinski definition) is 7. The highest BCUT2D eigenvalue weighted by Crippen LogP contribution is 2.49. The minimum absolute atomic E-state index is 0.290. The molecule has 0 saturated heterocycles. The number of alkyl halides is 5. The monoisotopic (exact) mass is 559 g/mol. The van der Waals surface area contributed by atoms with E-state index in [-0.39, 0.29) is 0 Å². The molecule has 38 heavy (non-hydrogen) atoms. The molecule has 0 aliphatic heterocycles. The number of fused-ring (bicyclic) bond motifs is 1. The van der Waals surface area contributed by atoms with E-state index in [1.807, 2.05) is 0 Å². The zero-order valence-corrected chi connectivity index (χ0v) is 20.8. The maximum absolute atomic E-state index is 14.8. The number of ether oxygens (including phenoxy) is 2. The first kappa shape index (κ1) is 29.0. The fraction of sp³-hybridized carbons (Fsp3) is 0.280. The molecule has 0 bridgehead atoms. The van der Waals surface area contributed by atoms with Gasteiger partial charge in [0.2, 0.25) is 0 Å². The van der Waals surface area contributed by atoms with Crippen molar-refractivity contribution in [1.82, 2.24) is 0 Å². The van der Waals surface area contributed by atoms with Gasteiger partial charge < -0.3 is 14.0 Å². The molecule has 0 heterocycles. The lowest BCUT2D eigenvalue weighted by Crippen LogP contribution is -2.66. The van der Waals surface area contributed by atoms with Gasteiger partial charge in [-0.2, -0.15) is 22.0 Å². The van der Waals surface area contributed by atoms with Crippen LogP contribution in [0.2, 0.25) is 0 Å². The van der Waals surface area contributed by atoms with E-state index in [0.717, 1.165) is 24.3 Å². The fourth-order valence-corrected chi connectivity index (χ4v) is 3.91. The Kier molecular flexibility index (Phi) is 7.34. The normalized spacial score (nSPS) is 14.6. The highest BCUT2D eigenvalue weighted by Gasteiger charge is 2.80. The maximum atomic E-state index is 14.8. The van der Waals surface area contributed by atoms with Crippen LogP contribution in [0.1, 0.15) is 47.1 Å². The van der Waals surface area contributed by atoms with Gasteiger partial charge in [-0.1, -0.05) is 63.2 Å². The zero-order chi connectivity index (χ0) is 28.7. The second-order valence-corrected chi connectivity index (χ2v) is 10.7. The molecule has 0 amide bonds. The molecule has 7 nitrogen and oxygen atoms in total. The van der Waals surface area contributed by atoms with E-state index in [1.165, 1.54) is 30.3 Å². The molecule has 0 aliphatic carbocycles. The van der Waals surface area contributed by atoms with E-state index in [2.05, 4.69) is 9.47 Å². The third kappa shape index (κ3) is 5.34. The van der Waals surface area contributed by atoms with Gasteiger partial charge in [-0.3, -0.25) is 0 Å². The lowest BCUT2D eigenvalue weighted by atomic mass is 9.87. The summed E-state index contributed by atoms with van der Waals surface area (Å²) < 4.78 is 114. The number of hydrogen-bond donors (Lipinski definition) is 0. The van der Waals surface area contributed by atoms with Crippen LogP contribution < -0.4 is 0 Å². The van der Waals surface area contributed by atoms with Crippen LogP contribution in [0.25, 0.3) is 10.8 Å². The molecular weight excluding hydrogens is 539 g/mol. The van der Waals surface area contributed by atoms with Gasteiger partial charge in [-0.25, -0.2) is 18.0 Å². The summed E-state index contributed by atoms with van der Waals surface area (Å²) in [6.45, 7) is 5.34. The summed E-state index contributed by atoms with van der Waals surface area (Å²) in [6, 6.07) is 13.8. The number of rotatable bonds is 6. The Labute approximate surface area is 213 Å². The summed E-state index contributed by atoms with van der Waals surface area (Å²) >= 11 is 0. The highest BCUT2D eigenvalue weighted by atomic mass is 32.2. The van der Waals surface area contributed by atoms with Crippen LogP contribution in [-0.2, 0) is 25.0 Å². The van der Waals surface area contributed by atoms with Crippen molar-refractivity contribution >= 4 is 32.8 Å². The molecule has 0 aliphatic rings. The Morgan fingerprint density at radius 3 is 1.68 bits per heavy atom. The Balaban J connectivity index is 2.13. The standard InChI is InChI=1S/C25H21F5O7S/c1-22(2,3)19-12-10-16(11-13-19)20(31)36-23(24(26,27)28,25(29,30)38(33,34)35)37-21(32)18-9-8-15-6-4-5-7-17(15)14-18/h4-14H,1-3H3,(H,33,34,35)/p-1. The van der Waals surface area contributed by atoms with Crippen LogP contribution in [0.4, 0.5) is 22.0 Å². The third-order valence-corrected chi connectivity index (χ3v) is 6.41. The van der Waals surface area contributed by atoms with Crippen molar-refractivity contribution in [3.05, 3.63) is 83.4 Å². The molecule has 0 fully saturated rings. The lowest BCUT2D eigenvalue weighted by molar-refractivity contribution is -0.389. The van der Waals surface area contributed by atoms with E-state index in [4.69, 9.17) is 0 Å². The Bertz CT molecular complexity index is 1480. The summed E-state index contributed by atoms with van der Waals surface area (Å²) in [5, 5.41) is -5.67. The molecule has 3 aromatic rings. The van der Waals surface area contributed by atoms with Gasteiger partial charge in [-0.05, 0) is 46.0 Å². The van der Waals surface area contributed by atoms with Gasteiger partial charge >= 0.3 is 29.2 Å². The van der Waals surface area contributed by atoms with Gasteiger partial charge in [0.15, 0.2) is 10.1 Å². The Morgan fingerprint density at radius 2 is 1.21 bits per heavy atom. The average molecular weight is 559 g/mol. The largest absolute Gasteiger partial charge is 0.743 e. The van der Waals surface area contributed by atoms with Crippen LogP contribution in [0.15, 0.2) is 66.7 Å². The number of halogens is 5. The van der Waals surface area contributed by atoms with E-state index in [9.17, 15) is 44.5 Å². The zero-order valence-electron chi connectivity index (χ0n) is 20.0. The van der Waals surface area contributed by atoms with Gasteiger partial charge in [-0.15, -0.1) is 0 Å². The summed E-state index contributed by atoms with van der Waals surface area (Å²) in [6.07, 6.45) is -6.58. The molecular formula is C25H20F5O7S-. The first-order chi connectivity index (χ1) is 17.3. The third-order valence-electron chi connectivity index (χ3n) is 5.51. The van der Waals surface area contributed by atoms with E-state index >= 15 is 0 Å². The highest BCUT2D eigenvalue weighted by molar-refractivity contribution is 7.86. The number of benzene rings is 3. The molecule has 3 rings (SSSR count). The number of carbonyl (C=O) groups is 2. The van der Waals surface area contributed by atoms with Crippen molar-refractivity contribution in [2.45, 2.75) is 43.4 Å². The smallest absolute Gasteiger partial charge is 0.476 e. The van der Waals surface area contributed by atoms with E-state index < -0.39 is 55.8 Å². The Morgan fingerprint density at radius 1 is 0.737 bits per heavy atom. The van der Waals surface area contributed by atoms with Crippen LogP contribution in [0.5, 0.6) is 0 Å². The molecule has 1 unspecified atom stereocenters. The topological polar surface area (TPSA) is 110 Å². The van der Waals surface area contributed by atoms with Crippen LogP contribution in [0, 0.1) is 0 Å². The second-order valence-electron chi connectivity index (χ2n) is 9.25. The van der Waals surface area contributed by atoms with Crippen molar-refractivity contribution < 1.29 is 54.0 Å². The summed E-state index contributed by atoms with van der Waals surface area (Å²) in [4.78, 5) is 25.2. The summed E-state index contributed by atoms with van der Waals surface area (Å²) in [5.74, 6) is -10.1. The van der Waals surface area contributed by atoms with Crippen LogP contribution >= 0.6 is 0 Å². The van der Waals surface area contributed by atoms with Gasteiger partial charge in [0, 0.05) is 0 Å². The van der Waals surface area contributed by atoms with Gasteiger partial charge in [0.1, 0.15) is 0 Å². The summed E-state index contributed by atoms with van der Waals surface area (Å²) in [5.41, 5.74) is -1.29. The molecule has 0 radical (unpaired) electrons. The van der Waals surface area contributed by atoms with Crippen LogP contribution in [0.3, 0.4) is 0 Å². The SMILES string of the molecule is CC(C)(C)c1ccc(C(=O)OC(OC(=O)c2ccc3ccccc3c2)(C(F)(F)F)C(F)(F)S(=O)(=O)[O-])cc1. The van der Waals surface area contributed by atoms with Gasteiger partial charge in [0.05, 0.1) is 11.1 Å².